The summed E-state index contributed by atoms with van der Waals surface area (Å²) in [7, 11) is 0. The van der Waals surface area contributed by atoms with Gasteiger partial charge in [-0.25, -0.2) is 0 Å². The Hall–Kier alpha value is -2.74. The van der Waals surface area contributed by atoms with Crippen molar-refractivity contribution in [2.75, 3.05) is 19.6 Å². The van der Waals surface area contributed by atoms with Crippen LogP contribution < -0.4 is 0 Å². The maximum absolute atomic E-state index is 13.2. The summed E-state index contributed by atoms with van der Waals surface area (Å²) in [5, 5.41) is 7.15. The highest BCUT2D eigenvalue weighted by molar-refractivity contribution is 5.95. The smallest absolute Gasteiger partial charge is 0.274 e. The maximum atomic E-state index is 13.2. The molecule has 3 heterocycles. The van der Waals surface area contributed by atoms with Crippen LogP contribution in [0.4, 0.5) is 0 Å². The van der Waals surface area contributed by atoms with Gasteiger partial charge in [-0.2, -0.15) is 5.10 Å². The minimum atomic E-state index is -0.260. The lowest BCUT2D eigenvalue weighted by Gasteiger charge is -2.34. The number of ether oxygens (including phenoxy) is 1. The van der Waals surface area contributed by atoms with Crippen molar-refractivity contribution < 1.29 is 14.3 Å². The molecular formula is C24H33N5O3. The molecule has 1 aliphatic heterocycles. The molecule has 1 atom stereocenters. The number of hydrogen-bond acceptors (Lipinski definition) is 5. The number of amides is 2. The highest BCUT2D eigenvalue weighted by Gasteiger charge is 2.35. The average Bonchev–Trinajstić information content (AvgIpc) is 3.25. The van der Waals surface area contributed by atoms with E-state index in [9.17, 15) is 9.59 Å². The molecule has 0 radical (unpaired) electrons. The summed E-state index contributed by atoms with van der Waals surface area (Å²) in [5.74, 6) is 0.0115. The lowest BCUT2D eigenvalue weighted by Crippen LogP contribution is -2.46. The first-order chi connectivity index (χ1) is 15.5. The summed E-state index contributed by atoms with van der Waals surface area (Å²) in [4.78, 5) is 34.1. The minimum Gasteiger partial charge on any atom is -0.370 e. The van der Waals surface area contributed by atoms with Gasteiger partial charge < -0.3 is 14.5 Å². The molecule has 2 aromatic heterocycles. The molecule has 1 saturated heterocycles. The van der Waals surface area contributed by atoms with Crippen LogP contribution in [-0.4, -0.2) is 68.6 Å². The Morgan fingerprint density at radius 1 is 1.19 bits per heavy atom. The molecule has 32 heavy (non-hydrogen) atoms. The van der Waals surface area contributed by atoms with Gasteiger partial charge in [-0.3, -0.25) is 19.7 Å². The minimum absolute atomic E-state index is 0.000111. The maximum Gasteiger partial charge on any atom is 0.274 e. The van der Waals surface area contributed by atoms with Crippen molar-refractivity contribution in [1.82, 2.24) is 25.0 Å². The van der Waals surface area contributed by atoms with Crippen LogP contribution in [0, 0.1) is 0 Å². The van der Waals surface area contributed by atoms with E-state index in [0.29, 0.717) is 25.4 Å². The molecule has 0 spiro atoms. The predicted octanol–water partition coefficient (Wildman–Crippen LogP) is 3.13. The number of aromatic amines is 1. The Bertz CT molecular complexity index is 907. The Labute approximate surface area is 189 Å². The van der Waals surface area contributed by atoms with Crippen LogP contribution in [0.1, 0.15) is 73.6 Å². The Balaban J connectivity index is 1.52. The number of carbonyl (C=O) groups excluding carboxylic acids is 2. The third-order valence-electron chi connectivity index (χ3n) is 6.45. The first-order valence-electron chi connectivity index (χ1n) is 11.7. The van der Waals surface area contributed by atoms with Gasteiger partial charge in [0.2, 0.25) is 5.91 Å². The molecule has 2 aromatic rings. The van der Waals surface area contributed by atoms with E-state index in [1.807, 2.05) is 30.9 Å². The van der Waals surface area contributed by atoms with Crippen molar-refractivity contribution in [3.8, 4) is 0 Å². The monoisotopic (exact) mass is 439 g/mol. The second-order valence-corrected chi connectivity index (χ2v) is 9.18. The van der Waals surface area contributed by atoms with E-state index in [2.05, 4.69) is 15.2 Å². The topological polar surface area (TPSA) is 91.4 Å². The van der Waals surface area contributed by atoms with Gasteiger partial charge in [0.15, 0.2) is 0 Å². The summed E-state index contributed by atoms with van der Waals surface area (Å²) >= 11 is 0. The highest BCUT2D eigenvalue weighted by atomic mass is 16.5. The van der Waals surface area contributed by atoms with E-state index in [0.717, 1.165) is 36.9 Å². The van der Waals surface area contributed by atoms with Gasteiger partial charge in [0.05, 0.1) is 12.7 Å². The Morgan fingerprint density at radius 2 is 1.94 bits per heavy atom. The molecule has 1 aliphatic carbocycles. The number of rotatable bonds is 6. The number of hydrogen-bond donors (Lipinski definition) is 1. The van der Waals surface area contributed by atoms with Crippen LogP contribution in [0.5, 0.6) is 0 Å². The summed E-state index contributed by atoms with van der Waals surface area (Å²) in [5.41, 5.74) is 2.27. The molecule has 2 fully saturated rings. The predicted molar refractivity (Wildman–Crippen MR) is 120 cm³/mol. The quantitative estimate of drug-likeness (QED) is 0.747. The Morgan fingerprint density at radius 3 is 2.62 bits per heavy atom. The van der Waals surface area contributed by atoms with Crippen molar-refractivity contribution in [1.29, 1.82) is 0 Å². The molecule has 0 bridgehead atoms. The van der Waals surface area contributed by atoms with E-state index >= 15 is 0 Å². The van der Waals surface area contributed by atoms with Crippen LogP contribution in [-0.2, 0) is 16.1 Å². The molecule has 8 nitrogen and oxygen atoms in total. The zero-order valence-electron chi connectivity index (χ0n) is 19.0. The van der Waals surface area contributed by atoms with Gasteiger partial charge >= 0.3 is 0 Å². The number of pyridine rings is 1. The van der Waals surface area contributed by atoms with Crippen molar-refractivity contribution in [2.45, 2.75) is 70.6 Å². The van der Waals surface area contributed by atoms with Crippen molar-refractivity contribution in [3.63, 3.8) is 0 Å². The van der Waals surface area contributed by atoms with Crippen LogP contribution in [0.3, 0.4) is 0 Å². The molecular weight excluding hydrogens is 406 g/mol. The van der Waals surface area contributed by atoms with E-state index < -0.39 is 0 Å². The molecule has 0 aromatic carbocycles. The van der Waals surface area contributed by atoms with Crippen molar-refractivity contribution in [3.05, 3.63) is 47.5 Å². The van der Waals surface area contributed by atoms with Gasteiger partial charge in [-0.1, -0.05) is 33.1 Å². The molecule has 2 amide bonds. The third kappa shape index (κ3) is 5.35. The SMILES string of the molecule is CC(C)c1cc(C(=O)N2CC(=O)N(C3CCCCC3)CC(OCc3ccncc3)C2)n[nH]1. The van der Waals surface area contributed by atoms with Crippen LogP contribution in [0.25, 0.3) is 0 Å². The van der Waals surface area contributed by atoms with Gasteiger partial charge in [0.25, 0.3) is 5.91 Å². The first-order valence-corrected chi connectivity index (χ1v) is 11.7. The number of H-pyrrole nitrogens is 1. The molecule has 2 aliphatic rings. The van der Waals surface area contributed by atoms with E-state index in [1.54, 1.807) is 23.4 Å². The summed E-state index contributed by atoms with van der Waals surface area (Å²) in [6, 6.07) is 5.85. The van der Waals surface area contributed by atoms with Crippen molar-refractivity contribution >= 4 is 11.8 Å². The van der Waals surface area contributed by atoms with Gasteiger partial charge in [-0.15, -0.1) is 0 Å². The first kappa shape index (κ1) is 22.5. The van der Waals surface area contributed by atoms with Gasteiger partial charge in [0, 0.05) is 37.2 Å². The number of nitrogens with one attached hydrogen (secondary N) is 1. The highest BCUT2D eigenvalue weighted by Crippen LogP contribution is 2.25. The molecule has 172 valence electrons. The molecule has 1 saturated carbocycles. The average molecular weight is 440 g/mol. The number of carbonyl (C=O) groups is 2. The molecule has 4 rings (SSSR count). The van der Waals surface area contributed by atoms with Crippen molar-refractivity contribution in [2.24, 2.45) is 0 Å². The lowest BCUT2D eigenvalue weighted by atomic mass is 9.94. The molecule has 1 N–H and O–H groups in total. The van der Waals surface area contributed by atoms with Gasteiger partial charge in [0.1, 0.15) is 12.2 Å². The van der Waals surface area contributed by atoms with E-state index in [-0.39, 0.29) is 36.4 Å². The zero-order chi connectivity index (χ0) is 22.5. The van der Waals surface area contributed by atoms with Gasteiger partial charge in [-0.05, 0) is 42.5 Å². The second kappa shape index (κ2) is 10.3. The largest absolute Gasteiger partial charge is 0.370 e. The van der Waals surface area contributed by atoms with Crippen LogP contribution in [0.2, 0.25) is 0 Å². The summed E-state index contributed by atoms with van der Waals surface area (Å²) in [6.07, 6.45) is 8.77. The second-order valence-electron chi connectivity index (χ2n) is 9.18. The fraction of sp³-hybridized carbons (Fsp3) is 0.583. The normalized spacial score (nSPS) is 20.6. The number of nitrogens with zero attached hydrogens (tertiary/aromatic N) is 4. The lowest BCUT2D eigenvalue weighted by molar-refractivity contribution is -0.134. The fourth-order valence-corrected chi connectivity index (χ4v) is 4.55. The van der Waals surface area contributed by atoms with Crippen LogP contribution in [0.15, 0.2) is 30.6 Å². The zero-order valence-corrected chi connectivity index (χ0v) is 19.0. The fourth-order valence-electron chi connectivity index (χ4n) is 4.55. The number of aromatic nitrogens is 3. The third-order valence-corrected chi connectivity index (χ3v) is 6.45. The molecule has 8 heteroatoms. The summed E-state index contributed by atoms with van der Waals surface area (Å²) in [6.45, 7) is 5.44. The summed E-state index contributed by atoms with van der Waals surface area (Å²) < 4.78 is 6.23. The Kier molecular flexibility index (Phi) is 7.19. The van der Waals surface area contributed by atoms with E-state index in [1.165, 1.54) is 6.42 Å². The molecule has 1 unspecified atom stereocenters. The standard InChI is InChI=1S/C24H33N5O3/c1-17(2)21-12-22(27-26-21)24(31)28-13-20(32-16-18-8-10-25-11-9-18)14-29(23(30)15-28)19-6-4-3-5-7-19/h8-12,17,19-20H,3-7,13-16H2,1-2H3,(H,26,27). The van der Waals surface area contributed by atoms with E-state index in [4.69, 9.17) is 4.74 Å². The van der Waals surface area contributed by atoms with Crippen LogP contribution >= 0.6 is 0 Å².